The Morgan fingerprint density at radius 1 is 0.968 bits per heavy atom. The molecule has 1 heterocycles. The number of rotatable bonds is 5. The minimum absolute atomic E-state index is 0.0848. The van der Waals surface area contributed by atoms with E-state index < -0.39 is 21.2 Å². The summed E-state index contributed by atoms with van der Waals surface area (Å²) >= 11 is 5.30. The van der Waals surface area contributed by atoms with Gasteiger partial charge in [0.1, 0.15) is 0 Å². The Kier molecular flexibility index (Phi) is 6.38. The average molecular weight is 492 g/mol. The third-order valence-corrected chi connectivity index (χ3v) is 8.83. The fraction of sp³-hybridized carbons (Fsp3) is 0.0952. The Balaban J connectivity index is 1.73. The molecule has 0 N–H and O–H groups in total. The largest absolute Gasteiger partial charge is 0.284 e. The van der Waals surface area contributed by atoms with Crippen LogP contribution in [0.5, 0.6) is 0 Å². The van der Waals surface area contributed by atoms with Crippen LogP contribution >= 0.6 is 23.5 Å². The zero-order valence-electron chi connectivity index (χ0n) is 16.4. The van der Waals surface area contributed by atoms with Crippen molar-refractivity contribution >= 4 is 55.6 Å². The lowest BCUT2D eigenvalue weighted by Gasteiger charge is -2.17. The molecule has 0 amide bonds. The molecular formula is C21H18ClN3O3S3. The Labute approximate surface area is 193 Å². The topological polar surface area (TPSA) is 70.0 Å². The highest BCUT2D eigenvalue weighted by molar-refractivity contribution is 8.26. The van der Waals surface area contributed by atoms with E-state index >= 15 is 0 Å². The van der Waals surface area contributed by atoms with Crippen molar-refractivity contribution in [2.24, 2.45) is 4.40 Å². The minimum Gasteiger partial charge on any atom is -0.245 e. The summed E-state index contributed by atoms with van der Waals surface area (Å²) < 4.78 is 46.2. The molecule has 31 heavy (non-hydrogen) atoms. The first-order valence-corrected chi connectivity index (χ1v) is 12.9. The maximum Gasteiger partial charge on any atom is 0.284 e. The van der Waals surface area contributed by atoms with E-state index in [1.54, 1.807) is 36.4 Å². The molecule has 0 radical (unpaired) electrons. The number of halogens is 1. The molecule has 1 aliphatic heterocycles. The molecule has 4 rings (SSSR count). The second kappa shape index (κ2) is 9.04. The fourth-order valence-electron chi connectivity index (χ4n) is 2.81. The van der Waals surface area contributed by atoms with Gasteiger partial charge in [0.2, 0.25) is 16.3 Å². The van der Waals surface area contributed by atoms with E-state index in [1.165, 1.54) is 20.1 Å². The average Bonchev–Trinajstić information content (AvgIpc) is 3.04. The smallest absolute Gasteiger partial charge is 0.245 e. The van der Waals surface area contributed by atoms with Crippen LogP contribution in [0.3, 0.4) is 0 Å². The zero-order valence-corrected chi connectivity index (χ0v) is 19.6. The van der Waals surface area contributed by atoms with Gasteiger partial charge in [-0.3, -0.25) is 0 Å². The summed E-state index contributed by atoms with van der Waals surface area (Å²) in [7, 11) is -3.98. The fourth-order valence-corrected chi connectivity index (χ4v) is 6.74. The summed E-state index contributed by atoms with van der Waals surface area (Å²) in [6, 6.07) is 22.7. The van der Waals surface area contributed by atoms with Crippen LogP contribution in [0.1, 0.15) is 11.1 Å². The summed E-state index contributed by atoms with van der Waals surface area (Å²) in [4.78, 5) is 0.0848. The van der Waals surface area contributed by atoms with Crippen LogP contribution in [0.25, 0.3) is 0 Å². The highest BCUT2D eigenvalue weighted by atomic mass is 35.5. The van der Waals surface area contributed by atoms with Crippen molar-refractivity contribution in [2.45, 2.75) is 18.4 Å². The van der Waals surface area contributed by atoms with Crippen molar-refractivity contribution in [3.05, 3.63) is 95.0 Å². The van der Waals surface area contributed by atoms with Crippen LogP contribution in [0, 0.1) is 6.92 Å². The van der Waals surface area contributed by atoms with Gasteiger partial charge in [0.15, 0.2) is 0 Å². The predicted octanol–water partition coefficient (Wildman–Crippen LogP) is 4.94. The highest BCUT2D eigenvalue weighted by Gasteiger charge is 2.37. The molecule has 0 spiro atoms. The third-order valence-electron chi connectivity index (χ3n) is 4.43. The summed E-state index contributed by atoms with van der Waals surface area (Å²) in [5.74, 6) is 0. The lowest BCUT2D eigenvalue weighted by Crippen LogP contribution is -2.28. The second-order valence-electron chi connectivity index (χ2n) is 6.74. The van der Waals surface area contributed by atoms with Crippen LogP contribution in [-0.2, 0) is 27.7 Å². The lowest BCUT2D eigenvalue weighted by atomic mass is 10.2. The number of benzene rings is 3. The lowest BCUT2D eigenvalue weighted by molar-refractivity contribution is 0.593. The van der Waals surface area contributed by atoms with E-state index in [2.05, 4.69) is 4.40 Å². The number of sulfonamides is 1. The predicted molar refractivity (Wildman–Crippen MR) is 127 cm³/mol. The molecule has 1 atom stereocenters. The summed E-state index contributed by atoms with van der Waals surface area (Å²) in [5.41, 5.74) is 2.46. The molecule has 0 bridgehead atoms. The van der Waals surface area contributed by atoms with Gasteiger partial charge >= 0.3 is 0 Å². The van der Waals surface area contributed by atoms with Gasteiger partial charge in [0.25, 0.3) is 10.0 Å². The van der Waals surface area contributed by atoms with E-state index in [-0.39, 0.29) is 16.6 Å². The second-order valence-corrected chi connectivity index (χ2v) is 11.2. The molecule has 3 aromatic rings. The molecular weight excluding hydrogens is 474 g/mol. The number of amidine groups is 1. The third kappa shape index (κ3) is 4.95. The van der Waals surface area contributed by atoms with E-state index in [9.17, 15) is 12.6 Å². The van der Waals surface area contributed by atoms with Crippen LogP contribution < -0.4 is 3.71 Å². The highest BCUT2D eigenvalue weighted by Crippen LogP contribution is 2.37. The Morgan fingerprint density at radius 3 is 2.26 bits per heavy atom. The Morgan fingerprint density at radius 2 is 1.61 bits per heavy atom. The molecule has 0 aliphatic carbocycles. The molecule has 1 aliphatic rings. The molecule has 0 saturated carbocycles. The Bertz CT molecular complexity index is 1230. The Hall–Kier alpha value is -2.33. The van der Waals surface area contributed by atoms with Gasteiger partial charge in [-0.05, 0) is 48.9 Å². The minimum atomic E-state index is -3.98. The van der Waals surface area contributed by atoms with Gasteiger partial charge in [-0.25, -0.2) is 12.2 Å². The van der Waals surface area contributed by atoms with E-state index in [1.807, 2.05) is 37.3 Å². The van der Waals surface area contributed by atoms with Crippen LogP contribution in [-0.4, -0.2) is 22.1 Å². The van der Waals surface area contributed by atoms with Gasteiger partial charge in [-0.1, -0.05) is 59.6 Å². The standard InChI is InChI=1S/C21H18ClN3O3S3/c1-16-7-13-20(14-8-16)31(27,28)23-21-24(15-17-5-3-2-4-6-17)30(26)25(29-21)19-11-9-18(22)10-12-19/h2-14H,15H2,1H3/b23-21-. The summed E-state index contributed by atoms with van der Waals surface area (Å²) in [6.07, 6.45) is 0. The van der Waals surface area contributed by atoms with Gasteiger partial charge in [0, 0.05) is 17.0 Å². The maximum absolute atomic E-state index is 13.3. The van der Waals surface area contributed by atoms with E-state index in [0.29, 0.717) is 10.7 Å². The van der Waals surface area contributed by atoms with Gasteiger partial charge in [-0.15, -0.1) is 4.40 Å². The number of nitrogens with zero attached hydrogens (tertiary/aromatic N) is 3. The molecule has 1 fully saturated rings. The molecule has 3 aromatic carbocycles. The van der Waals surface area contributed by atoms with E-state index in [4.69, 9.17) is 11.6 Å². The summed E-state index contributed by atoms with van der Waals surface area (Å²) in [5, 5.41) is 0.688. The first kappa shape index (κ1) is 21.9. The van der Waals surface area contributed by atoms with Gasteiger partial charge in [0.05, 0.1) is 17.1 Å². The number of aryl methyl sites for hydroxylation is 1. The molecule has 1 unspecified atom stereocenters. The van der Waals surface area contributed by atoms with Crippen molar-refractivity contribution in [1.29, 1.82) is 0 Å². The SMILES string of the molecule is Cc1ccc(S(=O)(=O)/N=C2\SN(c3ccc(Cl)cc3)S(=O)N2Cc2ccccc2)cc1. The monoisotopic (exact) mass is 491 g/mol. The van der Waals surface area contributed by atoms with Crippen molar-refractivity contribution in [3.8, 4) is 0 Å². The van der Waals surface area contributed by atoms with Crippen LogP contribution in [0.15, 0.2) is 88.2 Å². The quantitative estimate of drug-likeness (QED) is 0.474. The van der Waals surface area contributed by atoms with Crippen molar-refractivity contribution in [2.75, 3.05) is 3.71 Å². The molecule has 6 nitrogen and oxygen atoms in total. The normalized spacial score (nSPS) is 18.0. The van der Waals surface area contributed by atoms with Gasteiger partial charge in [-0.2, -0.15) is 8.42 Å². The number of hydrogen-bond acceptors (Lipinski definition) is 4. The maximum atomic E-state index is 13.3. The molecule has 10 heteroatoms. The van der Waals surface area contributed by atoms with Crippen LogP contribution in [0.2, 0.25) is 5.02 Å². The van der Waals surface area contributed by atoms with E-state index in [0.717, 1.165) is 23.1 Å². The summed E-state index contributed by atoms with van der Waals surface area (Å²) in [6.45, 7) is 2.12. The number of anilines is 1. The van der Waals surface area contributed by atoms with Gasteiger partial charge < -0.3 is 0 Å². The first-order valence-electron chi connectivity index (χ1n) is 9.22. The van der Waals surface area contributed by atoms with Crippen molar-refractivity contribution < 1.29 is 12.6 Å². The molecule has 0 aromatic heterocycles. The van der Waals surface area contributed by atoms with Crippen molar-refractivity contribution in [3.63, 3.8) is 0 Å². The number of hydrogen-bond donors (Lipinski definition) is 0. The zero-order chi connectivity index (χ0) is 22.0. The van der Waals surface area contributed by atoms with Crippen molar-refractivity contribution in [1.82, 2.24) is 4.31 Å². The van der Waals surface area contributed by atoms with Crippen LogP contribution in [0.4, 0.5) is 5.69 Å². The molecule has 160 valence electrons. The molecule has 1 saturated heterocycles. The first-order chi connectivity index (χ1) is 14.8.